The molecule has 0 amide bonds. The summed E-state index contributed by atoms with van der Waals surface area (Å²) in [6.07, 6.45) is 2.35. The minimum Gasteiger partial charge on any atom is -0.493 e. The minimum absolute atomic E-state index is 0.0507. The summed E-state index contributed by atoms with van der Waals surface area (Å²) in [7, 11) is -0.847. The lowest BCUT2D eigenvalue weighted by molar-refractivity contribution is -0.131. The molecule has 0 heterocycles. The first-order chi connectivity index (χ1) is 11.9. The summed E-state index contributed by atoms with van der Waals surface area (Å²) in [6.45, 7) is 0. The van der Waals surface area contributed by atoms with Gasteiger partial charge in [-0.3, -0.25) is 4.72 Å². The van der Waals surface area contributed by atoms with Crippen LogP contribution in [0.5, 0.6) is 11.5 Å². The second-order valence-electron chi connectivity index (χ2n) is 4.92. The zero-order chi connectivity index (χ0) is 18.4. The fourth-order valence-corrected chi connectivity index (χ4v) is 3.09. The number of methoxy groups -OCH3 is 2. The monoisotopic (exact) mass is 363 g/mol. The third-order valence-electron chi connectivity index (χ3n) is 3.24. The number of carbonyl (C=O) groups is 1. The van der Waals surface area contributed by atoms with E-state index in [1.165, 1.54) is 50.6 Å². The maximum Gasteiger partial charge on any atom is 0.328 e. The first-order valence-corrected chi connectivity index (χ1v) is 8.60. The standard InChI is InChI=1S/C17H17NO6S/c1-23-15-9-6-13(11-16(15)24-2)18-25(21,22)14-7-3-12(4-8-14)5-10-17(19)20/h3-11,18H,1-2H3,(H,19,20). The lowest BCUT2D eigenvalue weighted by Crippen LogP contribution is -2.13. The van der Waals surface area contributed by atoms with Crippen molar-refractivity contribution in [2.75, 3.05) is 18.9 Å². The minimum atomic E-state index is -3.79. The number of ether oxygens (including phenoxy) is 2. The van der Waals surface area contributed by atoms with Crippen LogP contribution in [-0.2, 0) is 14.8 Å². The van der Waals surface area contributed by atoms with E-state index in [1.54, 1.807) is 12.1 Å². The number of nitrogens with one attached hydrogen (secondary N) is 1. The number of carboxylic acids is 1. The lowest BCUT2D eigenvalue weighted by atomic mass is 10.2. The molecule has 2 aromatic carbocycles. The van der Waals surface area contributed by atoms with E-state index < -0.39 is 16.0 Å². The van der Waals surface area contributed by atoms with Crippen molar-refractivity contribution in [1.29, 1.82) is 0 Å². The highest BCUT2D eigenvalue weighted by atomic mass is 32.2. The molecule has 2 N–H and O–H groups in total. The third kappa shape index (κ3) is 4.74. The van der Waals surface area contributed by atoms with Gasteiger partial charge >= 0.3 is 5.97 Å². The number of aliphatic carboxylic acids is 1. The fraction of sp³-hybridized carbons (Fsp3) is 0.118. The molecule has 0 unspecified atom stereocenters. The van der Waals surface area contributed by atoms with E-state index in [4.69, 9.17) is 14.6 Å². The van der Waals surface area contributed by atoms with Gasteiger partial charge in [0.1, 0.15) is 0 Å². The largest absolute Gasteiger partial charge is 0.493 e. The van der Waals surface area contributed by atoms with Crippen LogP contribution in [0.4, 0.5) is 5.69 Å². The van der Waals surface area contributed by atoms with Gasteiger partial charge in [0.05, 0.1) is 24.8 Å². The van der Waals surface area contributed by atoms with Crippen LogP contribution in [0.25, 0.3) is 6.08 Å². The molecule has 8 heteroatoms. The summed E-state index contributed by atoms with van der Waals surface area (Å²) in [5.41, 5.74) is 0.903. The highest BCUT2D eigenvalue weighted by Crippen LogP contribution is 2.30. The summed E-state index contributed by atoms with van der Waals surface area (Å²) in [4.78, 5) is 10.5. The molecule has 0 fully saturated rings. The van der Waals surface area contributed by atoms with Crippen molar-refractivity contribution < 1.29 is 27.8 Å². The van der Waals surface area contributed by atoms with Gasteiger partial charge in [-0.1, -0.05) is 12.1 Å². The van der Waals surface area contributed by atoms with Crippen molar-refractivity contribution in [2.24, 2.45) is 0 Å². The predicted octanol–water partition coefficient (Wildman–Crippen LogP) is 2.60. The smallest absolute Gasteiger partial charge is 0.328 e. The number of sulfonamides is 1. The summed E-state index contributed by atoms with van der Waals surface area (Å²) in [6, 6.07) is 10.5. The highest BCUT2D eigenvalue weighted by Gasteiger charge is 2.15. The van der Waals surface area contributed by atoms with Gasteiger partial charge in [-0.2, -0.15) is 0 Å². The van der Waals surface area contributed by atoms with Crippen LogP contribution in [0.1, 0.15) is 5.56 Å². The van der Waals surface area contributed by atoms with Crippen LogP contribution in [0, 0.1) is 0 Å². The van der Waals surface area contributed by atoms with Gasteiger partial charge in [0.25, 0.3) is 10.0 Å². The van der Waals surface area contributed by atoms with Gasteiger partial charge in [-0.05, 0) is 35.9 Å². The summed E-state index contributed by atoms with van der Waals surface area (Å²) in [5.74, 6) is -0.191. The molecule has 7 nitrogen and oxygen atoms in total. The van der Waals surface area contributed by atoms with E-state index in [1.807, 2.05) is 0 Å². The first kappa shape index (κ1) is 18.3. The van der Waals surface area contributed by atoms with E-state index in [-0.39, 0.29) is 4.90 Å². The fourth-order valence-electron chi connectivity index (χ4n) is 2.04. The predicted molar refractivity (Wildman–Crippen MR) is 93.5 cm³/mol. The van der Waals surface area contributed by atoms with Crippen molar-refractivity contribution >= 4 is 27.8 Å². The van der Waals surface area contributed by atoms with Crippen molar-refractivity contribution in [1.82, 2.24) is 0 Å². The molecule has 132 valence electrons. The van der Waals surface area contributed by atoms with Crippen LogP contribution < -0.4 is 14.2 Å². The molecule has 0 aliphatic rings. The van der Waals surface area contributed by atoms with Gasteiger partial charge < -0.3 is 14.6 Å². The van der Waals surface area contributed by atoms with Gasteiger partial charge in [0.15, 0.2) is 11.5 Å². The van der Waals surface area contributed by atoms with E-state index in [9.17, 15) is 13.2 Å². The average molecular weight is 363 g/mol. The van der Waals surface area contributed by atoms with Gasteiger partial charge in [0.2, 0.25) is 0 Å². The topological polar surface area (TPSA) is 102 Å². The molecule has 0 radical (unpaired) electrons. The number of hydrogen-bond donors (Lipinski definition) is 2. The van der Waals surface area contributed by atoms with E-state index in [2.05, 4.69) is 4.72 Å². The Hall–Kier alpha value is -3.00. The Bertz CT molecular complexity index is 888. The number of rotatable bonds is 7. The molecule has 0 aromatic heterocycles. The van der Waals surface area contributed by atoms with Gasteiger partial charge in [0, 0.05) is 12.1 Å². The quantitative estimate of drug-likeness (QED) is 0.733. The lowest BCUT2D eigenvalue weighted by Gasteiger charge is -2.12. The molecule has 0 atom stereocenters. The van der Waals surface area contributed by atoms with Crippen LogP contribution in [0.3, 0.4) is 0 Å². The van der Waals surface area contributed by atoms with Crippen LogP contribution in [0.2, 0.25) is 0 Å². The van der Waals surface area contributed by atoms with E-state index in [0.29, 0.717) is 22.7 Å². The maximum absolute atomic E-state index is 12.4. The van der Waals surface area contributed by atoms with Crippen LogP contribution >= 0.6 is 0 Å². The van der Waals surface area contributed by atoms with Gasteiger partial charge in [-0.25, -0.2) is 13.2 Å². The van der Waals surface area contributed by atoms with Crippen molar-refractivity contribution in [3.05, 3.63) is 54.1 Å². The third-order valence-corrected chi connectivity index (χ3v) is 4.64. The number of benzene rings is 2. The molecule has 0 saturated heterocycles. The Labute approximate surface area is 145 Å². The number of carboxylic acid groups (broad SMARTS) is 1. The molecule has 0 saturated carbocycles. The summed E-state index contributed by atoms with van der Waals surface area (Å²) >= 11 is 0. The molecular formula is C17H17NO6S. The Kier molecular flexibility index (Phi) is 5.66. The number of anilines is 1. The van der Waals surface area contributed by atoms with Crippen molar-refractivity contribution in [3.63, 3.8) is 0 Å². The molecule has 0 aliphatic carbocycles. The molecular weight excluding hydrogens is 346 g/mol. The molecule has 0 bridgehead atoms. The molecule has 2 rings (SSSR count). The zero-order valence-corrected chi connectivity index (χ0v) is 14.4. The Morgan fingerprint density at radius 2 is 1.68 bits per heavy atom. The summed E-state index contributed by atoms with van der Waals surface area (Å²) < 4.78 is 37.6. The molecule has 2 aromatic rings. The highest BCUT2D eigenvalue weighted by molar-refractivity contribution is 7.92. The first-order valence-electron chi connectivity index (χ1n) is 7.11. The van der Waals surface area contributed by atoms with E-state index in [0.717, 1.165) is 6.08 Å². The molecule has 0 spiro atoms. The Balaban J connectivity index is 2.23. The van der Waals surface area contributed by atoms with Crippen LogP contribution in [0.15, 0.2) is 53.4 Å². The van der Waals surface area contributed by atoms with Crippen molar-refractivity contribution in [2.45, 2.75) is 4.90 Å². The second-order valence-corrected chi connectivity index (χ2v) is 6.60. The Morgan fingerprint density at radius 3 is 2.24 bits per heavy atom. The molecule has 0 aliphatic heterocycles. The van der Waals surface area contributed by atoms with Crippen LogP contribution in [-0.4, -0.2) is 33.7 Å². The summed E-state index contributed by atoms with van der Waals surface area (Å²) in [5, 5.41) is 8.59. The Morgan fingerprint density at radius 1 is 1.04 bits per heavy atom. The SMILES string of the molecule is COc1ccc(NS(=O)(=O)c2ccc(C=CC(=O)O)cc2)cc1OC. The van der Waals surface area contributed by atoms with E-state index >= 15 is 0 Å². The average Bonchev–Trinajstić information content (AvgIpc) is 2.59. The normalized spacial score (nSPS) is 11.3. The number of hydrogen-bond acceptors (Lipinski definition) is 5. The molecule has 25 heavy (non-hydrogen) atoms. The zero-order valence-electron chi connectivity index (χ0n) is 13.6. The maximum atomic E-state index is 12.4. The second kappa shape index (κ2) is 7.71. The van der Waals surface area contributed by atoms with Gasteiger partial charge in [-0.15, -0.1) is 0 Å². The van der Waals surface area contributed by atoms with Crippen molar-refractivity contribution in [3.8, 4) is 11.5 Å².